The van der Waals surface area contributed by atoms with Crippen molar-refractivity contribution in [2.45, 2.75) is 57.9 Å². The summed E-state index contributed by atoms with van der Waals surface area (Å²) in [6.45, 7) is 3.10. The number of fused-ring (bicyclic) bond motifs is 1. The van der Waals surface area contributed by atoms with Gasteiger partial charge in [-0.3, -0.25) is 0 Å². The highest BCUT2D eigenvalue weighted by molar-refractivity contribution is 5.47. The molecule has 0 amide bonds. The molecule has 112 valence electrons. The Kier molecular flexibility index (Phi) is 3.28. The van der Waals surface area contributed by atoms with Crippen LogP contribution >= 0.6 is 0 Å². The van der Waals surface area contributed by atoms with Crippen molar-refractivity contribution in [1.29, 1.82) is 0 Å². The maximum atomic E-state index is 4.78. The Balaban J connectivity index is 1.64. The van der Waals surface area contributed by atoms with Crippen LogP contribution in [0, 0.1) is 12.8 Å². The van der Waals surface area contributed by atoms with Gasteiger partial charge in [0.1, 0.15) is 5.82 Å². The molecule has 0 bridgehead atoms. The molecule has 0 spiro atoms. The van der Waals surface area contributed by atoms with Crippen molar-refractivity contribution in [3.05, 3.63) is 18.0 Å². The van der Waals surface area contributed by atoms with Gasteiger partial charge in [0.2, 0.25) is 0 Å². The van der Waals surface area contributed by atoms with Gasteiger partial charge in [-0.25, -0.2) is 0 Å². The minimum atomic E-state index is 0.687. The van der Waals surface area contributed by atoms with Crippen LogP contribution in [0.3, 0.4) is 0 Å². The van der Waals surface area contributed by atoms with Gasteiger partial charge in [0.05, 0.1) is 0 Å². The standard InChI is InChI=1S/C16H23N5/c1-12-17-18-15-9-10-16(19-21(12)15)20-11-5-8-14(20)13-6-3-2-4-7-13/h9-10,13-14H,2-8,11H2,1H3/t14-/m1/s1. The van der Waals surface area contributed by atoms with E-state index in [1.54, 1.807) is 0 Å². The molecule has 1 aliphatic heterocycles. The highest BCUT2D eigenvalue weighted by Crippen LogP contribution is 2.36. The van der Waals surface area contributed by atoms with E-state index in [4.69, 9.17) is 5.10 Å². The number of aromatic nitrogens is 4. The van der Waals surface area contributed by atoms with Gasteiger partial charge in [-0.2, -0.15) is 4.52 Å². The van der Waals surface area contributed by atoms with E-state index < -0.39 is 0 Å². The van der Waals surface area contributed by atoms with Crippen LogP contribution in [0.25, 0.3) is 5.65 Å². The molecule has 0 aromatic carbocycles. The third-order valence-electron chi connectivity index (χ3n) is 5.19. The van der Waals surface area contributed by atoms with Crippen LogP contribution in [0.15, 0.2) is 12.1 Å². The summed E-state index contributed by atoms with van der Waals surface area (Å²) in [6.07, 6.45) is 9.66. The van der Waals surface area contributed by atoms with Crippen LogP contribution < -0.4 is 4.90 Å². The SMILES string of the molecule is Cc1nnc2ccc(N3CCC[C@@H]3C3CCCCC3)nn12. The molecule has 1 saturated carbocycles. The van der Waals surface area contributed by atoms with E-state index in [0.29, 0.717) is 6.04 Å². The van der Waals surface area contributed by atoms with Crippen LogP contribution in [-0.2, 0) is 0 Å². The zero-order valence-corrected chi connectivity index (χ0v) is 12.7. The van der Waals surface area contributed by atoms with E-state index in [9.17, 15) is 0 Å². The molecule has 3 heterocycles. The molecule has 2 aromatic rings. The minimum Gasteiger partial charge on any atom is -0.352 e. The lowest BCUT2D eigenvalue weighted by molar-refractivity contribution is 0.304. The largest absolute Gasteiger partial charge is 0.352 e. The van der Waals surface area contributed by atoms with Crippen molar-refractivity contribution in [3.63, 3.8) is 0 Å². The lowest BCUT2D eigenvalue weighted by Gasteiger charge is -2.34. The average molecular weight is 285 g/mol. The Morgan fingerprint density at radius 3 is 2.71 bits per heavy atom. The smallest absolute Gasteiger partial charge is 0.178 e. The Labute approximate surface area is 125 Å². The second-order valence-electron chi connectivity index (χ2n) is 6.51. The average Bonchev–Trinajstić information content (AvgIpc) is 3.15. The second-order valence-corrected chi connectivity index (χ2v) is 6.51. The molecule has 0 radical (unpaired) electrons. The van der Waals surface area contributed by atoms with Gasteiger partial charge in [0, 0.05) is 12.6 Å². The maximum absolute atomic E-state index is 4.78. The molecule has 21 heavy (non-hydrogen) atoms. The zero-order chi connectivity index (χ0) is 14.2. The van der Waals surface area contributed by atoms with Crippen molar-refractivity contribution in [1.82, 2.24) is 19.8 Å². The summed E-state index contributed by atoms with van der Waals surface area (Å²) in [6, 6.07) is 4.84. The molecule has 0 unspecified atom stereocenters. The predicted molar refractivity (Wildman–Crippen MR) is 82.5 cm³/mol. The van der Waals surface area contributed by atoms with E-state index >= 15 is 0 Å². The monoisotopic (exact) mass is 285 g/mol. The minimum absolute atomic E-state index is 0.687. The Morgan fingerprint density at radius 2 is 1.86 bits per heavy atom. The van der Waals surface area contributed by atoms with Crippen molar-refractivity contribution < 1.29 is 0 Å². The fourth-order valence-corrected chi connectivity index (χ4v) is 4.13. The highest BCUT2D eigenvalue weighted by atomic mass is 15.4. The summed E-state index contributed by atoms with van der Waals surface area (Å²) >= 11 is 0. The molecule has 1 atom stereocenters. The Bertz CT molecular complexity index is 629. The van der Waals surface area contributed by atoms with Crippen molar-refractivity contribution in [2.24, 2.45) is 5.92 Å². The molecule has 2 aromatic heterocycles. The lowest BCUT2D eigenvalue weighted by Crippen LogP contribution is -2.37. The maximum Gasteiger partial charge on any atom is 0.178 e. The van der Waals surface area contributed by atoms with Crippen molar-refractivity contribution in [3.8, 4) is 0 Å². The molecule has 4 rings (SSSR count). The molecule has 2 fully saturated rings. The molecule has 1 saturated heterocycles. The first-order chi connectivity index (χ1) is 10.3. The number of hydrogen-bond acceptors (Lipinski definition) is 4. The summed E-state index contributed by atoms with van der Waals surface area (Å²) in [5.74, 6) is 2.82. The molecule has 5 nitrogen and oxygen atoms in total. The van der Waals surface area contributed by atoms with Crippen molar-refractivity contribution in [2.75, 3.05) is 11.4 Å². The van der Waals surface area contributed by atoms with Gasteiger partial charge in [-0.05, 0) is 50.7 Å². The first kappa shape index (κ1) is 13.0. The van der Waals surface area contributed by atoms with Gasteiger partial charge in [-0.1, -0.05) is 19.3 Å². The molecular weight excluding hydrogens is 262 g/mol. The molecular formula is C16H23N5. The normalized spacial score (nSPS) is 24.0. The van der Waals surface area contributed by atoms with E-state index in [-0.39, 0.29) is 0 Å². The van der Waals surface area contributed by atoms with Gasteiger partial charge in [0.15, 0.2) is 11.5 Å². The van der Waals surface area contributed by atoms with Crippen molar-refractivity contribution >= 4 is 11.5 Å². The van der Waals surface area contributed by atoms with E-state index in [1.165, 1.54) is 44.9 Å². The third kappa shape index (κ3) is 2.28. The third-order valence-corrected chi connectivity index (χ3v) is 5.19. The summed E-state index contributed by atoms with van der Waals surface area (Å²) in [7, 11) is 0. The highest BCUT2D eigenvalue weighted by Gasteiger charge is 2.33. The summed E-state index contributed by atoms with van der Waals surface area (Å²) in [5.41, 5.74) is 0.838. The number of nitrogens with zero attached hydrogens (tertiary/aromatic N) is 5. The number of aryl methyl sites for hydroxylation is 1. The topological polar surface area (TPSA) is 46.3 Å². The summed E-state index contributed by atoms with van der Waals surface area (Å²) < 4.78 is 1.87. The Hall–Kier alpha value is -1.65. The fraction of sp³-hybridized carbons (Fsp3) is 0.688. The summed E-state index contributed by atoms with van der Waals surface area (Å²) in [4.78, 5) is 2.54. The van der Waals surface area contributed by atoms with E-state index in [2.05, 4.69) is 21.2 Å². The number of anilines is 1. The van der Waals surface area contributed by atoms with E-state index in [1.807, 2.05) is 17.5 Å². The summed E-state index contributed by atoms with van der Waals surface area (Å²) in [5, 5.41) is 13.0. The van der Waals surface area contributed by atoms with Crippen LogP contribution in [0.5, 0.6) is 0 Å². The fourth-order valence-electron chi connectivity index (χ4n) is 4.13. The van der Waals surface area contributed by atoms with Gasteiger partial charge in [-0.15, -0.1) is 15.3 Å². The van der Waals surface area contributed by atoms with Gasteiger partial charge >= 0.3 is 0 Å². The van der Waals surface area contributed by atoms with Crippen LogP contribution in [0.4, 0.5) is 5.82 Å². The predicted octanol–water partition coefficient (Wildman–Crippen LogP) is 2.98. The number of hydrogen-bond donors (Lipinski definition) is 0. The molecule has 2 aliphatic rings. The molecule has 1 aliphatic carbocycles. The Morgan fingerprint density at radius 1 is 1.00 bits per heavy atom. The second kappa shape index (κ2) is 5.28. The number of rotatable bonds is 2. The van der Waals surface area contributed by atoms with E-state index in [0.717, 1.165) is 29.8 Å². The zero-order valence-electron chi connectivity index (χ0n) is 12.7. The van der Waals surface area contributed by atoms with Gasteiger partial charge in [0.25, 0.3) is 0 Å². The lowest BCUT2D eigenvalue weighted by atomic mass is 9.83. The van der Waals surface area contributed by atoms with Crippen LogP contribution in [-0.4, -0.2) is 32.4 Å². The quantitative estimate of drug-likeness (QED) is 0.851. The first-order valence-corrected chi connectivity index (χ1v) is 8.28. The van der Waals surface area contributed by atoms with Gasteiger partial charge < -0.3 is 4.90 Å². The van der Waals surface area contributed by atoms with Crippen LogP contribution in [0.1, 0.15) is 50.8 Å². The first-order valence-electron chi connectivity index (χ1n) is 8.28. The van der Waals surface area contributed by atoms with Crippen LogP contribution in [0.2, 0.25) is 0 Å². The molecule has 0 N–H and O–H groups in total. The molecule has 5 heteroatoms.